The summed E-state index contributed by atoms with van der Waals surface area (Å²) in [5.74, 6) is 0. The molecule has 2 N–H and O–H groups in total. The van der Waals surface area contributed by atoms with Gasteiger partial charge in [-0.2, -0.15) is 0 Å². The van der Waals surface area contributed by atoms with E-state index in [-0.39, 0.29) is 19.5 Å². The highest BCUT2D eigenvalue weighted by molar-refractivity contribution is 4.48. The highest BCUT2D eigenvalue weighted by Gasteiger charge is 2.09. The molecule has 0 radical (unpaired) electrons. The molecule has 0 aliphatic carbocycles. The van der Waals surface area contributed by atoms with Gasteiger partial charge in [0.05, 0.1) is 25.4 Å². The summed E-state index contributed by atoms with van der Waals surface area (Å²) in [7, 11) is 0. The molecule has 4 nitrogen and oxygen atoms in total. The van der Waals surface area contributed by atoms with Crippen molar-refractivity contribution in [3.63, 3.8) is 0 Å². The number of hydrogen-bond donors (Lipinski definition) is 2. The zero-order valence-corrected chi connectivity index (χ0v) is 8.56. The second kappa shape index (κ2) is 7.26. The van der Waals surface area contributed by atoms with Crippen LogP contribution >= 0.6 is 0 Å². The Hall–Kier alpha value is -0.160. The van der Waals surface area contributed by atoms with Gasteiger partial charge in [-0.15, -0.1) is 0 Å². The van der Waals surface area contributed by atoms with Crippen molar-refractivity contribution >= 4 is 0 Å². The second-order valence-electron chi connectivity index (χ2n) is 3.20. The lowest BCUT2D eigenvalue weighted by Gasteiger charge is -2.18. The molecule has 0 aromatic heterocycles. The molecule has 0 aliphatic rings. The van der Waals surface area contributed by atoms with Crippen molar-refractivity contribution in [2.75, 3.05) is 13.2 Å². The van der Waals surface area contributed by atoms with E-state index in [0.29, 0.717) is 6.42 Å². The molecule has 2 unspecified atom stereocenters. The van der Waals surface area contributed by atoms with E-state index in [1.807, 2.05) is 6.92 Å². The maximum absolute atomic E-state index is 8.94. The number of rotatable bonds is 7. The summed E-state index contributed by atoms with van der Waals surface area (Å²) in [6, 6.07) is 0. The van der Waals surface area contributed by atoms with Crippen LogP contribution in [0.1, 0.15) is 27.2 Å². The van der Waals surface area contributed by atoms with E-state index in [1.54, 1.807) is 13.8 Å². The summed E-state index contributed by atoms with van der Waals surface area (Å²) < 4.78 is 10.4. The fourth-order valence-electron chi connectivity index (χ4n) is 0.777. The third-order valence-electron chi connectivity index (χ3n) is 1.38. The minimum Gasteiger partial charge on any atom is -0.391 e. The van der Waals surface area contributed by atoms with E-state index < -0.39 is 12.2 Å². The average Bonchev–Trinajstić information content (AvgIpc) is 2.04. The fourth-order valence-corrected chi connectivity index (χ4v) is 0.777. The monoisotopic (exact) mass is 192 g/mol. The Morgan fingerprint density at radius 3 is 1.62 bits per heavy atom. The van der Waals surface area contributed by atoms with Gasteiger partial charge in [-0.1, -0.05) is 6.92 Å². The van der Waals surface area contributed by atoms with E-state index in [4.69, 9.17) is 19.7 Å². The van der Waals surface area contributed by atoms with Crippen LogP contribution in [0.2, 0.25) is 0 Å². The molecule has 0 saturated heterocycles. The van der Waals surface area contributed by atoms with Gasteiger partial charge in [0.1, 0.15) is 0 Å². The minimum absolute atomic E-state index is 0.262. The molecule has 0 aromatic rings. The molecule has 0 amide bonds. The molecule has 0 aliphatic heterocycles. The number of aliphatic hydroxyl groups excluding tert-OH is 2. The van der Waals surface area contributed by atoms with Gasteiger partial charge >= 0.3 is 0 Å². The van der Waals surface area contributed by atoms with E-state index in [0.717, 1.165) is 0 Å². The second-order valence-corrected chi connectivity index (χ2v) is 3.20. The first-order chi connectivity index (χ1) is 6.06. The lowest BCUT2D eigenvalue weighted by atomic mass is 10.4. The quantitative estimate of drug-likeness (QED) is 0.577. The van der Waals surface area contributed by atoms with Crippen LogP contribution in [0.25, 0.3) is 0 Å². The van der Waals surface area contributed by atoms with E-state index in [2.05, 4.69) is 0 Å². The zero-order chi connectivity index (χ0) is 10.3. The Balaban J connectivity index is 3.51. The average molecular weight is 192 g/mol. The van der Waals surface area contributed by atoms with Crippen molar-refractivity contribution in [3.05, 3.63) is 0 Å². The van der Waals surface area contributed by atoms with Crippen LogP contribution in [0.15, 0.2) is 0 Å². The zero-order valence-electron chi connectivity index (χ0n) is 8.56. The third-order valence-corrected chi connectivity index (χ3v) is 1.38. The van der Waals surface area contributed by atoms with Crippen LogP contribution in [0, 0.1) is 0 Å². The third kappa shape index (κ3) is 8.18. The molecule has 80 valence electrons. The highest BCUT2D eigenvalue weighted by atomic mass is 16.7. The van der Waals surface area contributed by atoms with Gasteiger partial charge in [0, 0.05) is 0 Å². The van der Waals surface area contributed by atoms with E-state index in [1.165, 1.54) is 0 Å². The van der Waals surface area contributed by atoms with Crippen LogP contribution in [-0.2, 0) is 9.47 Å². The van der Waals surface area contributed by atoms with Crippen LogP contribution in [0.5, 0.6) is 0 Å². The van der Waals surface area contributed by atoms with Crippen LogP contribution in [-0.4, -0.2) is 41.9 Å². The molecule has 0 spiro atoms. The number of ether oxygens (including phenoxy) is 2. The molecule has 0 fully saturated rings. The van der Waals surface area contributed by atoms with Crippen molar-refractivity contribution in [3.8, 4) is 0 Å². The topological polar surface area (TPSA) is 58.9 Å². The van der Waals surface area contributed by atoms with E-state index in [9.17, 15) is 0 Å². The Morgan fingerprint density at radius 1 is 1.00 bits per heavy atom. The predicted molar refractivity (Wildman–Crippen MR) is 49.3 cm³/mol. The predicted octanol–water partition coefficient (Wildman–Crippen LogP) is 0.517. The van der Waals surface area contributed by atoms with Crippen LogP contribution in [0.3, 0.4) is 0 Å². The minimum atomic E-state index is -0.482. The van der Waals surface area contributed by atoms with Crippen LogP contribution in [0.4, 0.5) is 0 Å². The molecular weight excluding hydrogens is 172 g/mol. The summed E-state index contributed by atoms with van der Waals surface area (Å²) in [6.45, 7) is 5.76. The normalized spacial score (nSPS) is 18.2. The molecule has 13 heavy (non-hydrogen) atoms. The SMILES string of the molecule is CCC(OCC(C)O)OCC(C)O. The van der Waals surface area contributed by atoms with Crippen molar-refractivity contribution in [1.82, 2.24) is 0 Å². The smallest absolute Gasteiger partial charge is 0.157 e. The summed E-state index contributed by atoms with van der Waals surface area (Å²) in [5, 5.41) is 17.9. The lowest BCUT2D eigenvalue weighted by Crippen LogP contribution is -2.25. The molecule has 0 bridgehead atoms. The van der Waals surface area contributed by atoms with Crippen molar-refractivity contribution in [1.29, 1.82) is 0 Å². The maximum Gasteiger partial charge on any atom is 0.157 e. The largest absolute Gasteiger partial charge is 0.391 e. The van der Waals surface area contributed by atoms with Crippen molar-refractivity contribution in [2.45, 2.75) is 45.7 Å². The van der Waals surface area contributed by atoms with E-state index >= 15 is 0 Å². The molecule has 0 rings (SSSR count). The Morgan fingerprint density at radius 2 is 1.38 bits per heavy atom. The van der Waals surface area contributed by atoms with Gasteiger partial charge in [0.2, 0.25) is 0 Å². The van der Waals surface area contributed by atoms with Gasteiger partial charge in [0.15, 0.2) is 6.29 Å². The van der Waals surface area contributed by atoms with Gasteiger partial charge in [0.25, 0.3) is 0 Å². The molecule has 0 aromatic carbocycles. The van der Waals surface area contributed by atoms with Gasteiger partial charge in [-0.25, -0.2) is 0 Å². The van der Waals surface area contributed by atoms with Crippen molar-refractivity contribution < 1.29 is 19.7 Å². The van der Waals surface area contributed by atoms with Gasteiger partial charge < -0.3 is 19.7 Å². The molecule has 2 atom stereocenters. The summed E-state index contributed by atoms with van der Waals surface area (Å²) in [6.07, 6.45) is -0.586. The molecule has 0 saturated carbocycles. The van der Waals surface area contributed by atoms with Gasteiger partial charge in [-0.3, -0.25) is 0 Å². The summed E-state index contributed by atoms with van der Waals surface area (Å²) in [5.41, 5.74) is 0. The lowest BCUT2D eigenvalue weighted by molar-refractivity contribution is -0.168. The highest BCUT2D eigenvalue weighted by Crippen LogP contribution is 2.02. The summed E-state index contributed by atoms with van der Waals surface area (Å²) >= 11 is 0. The molecular formula is C9H20O4. The summed E-state index contributed by atoms with van der Waals surface area (Å²) in [4.78, 5) is 0. The standard InChI is InChI=1S/C9H20O4/c1-4-9(12-5-7(2)10)13-6-8(3)11/h7-11H,4-6H2,1-3H3. The molecule has 4 heteroatoms. The molecule has 0 heterocycles. The Kier molecular flexibility index (Phi) is 7.17. The van der Waals surface area contributed by atoms with Crippen molar-refractivity contribution in [2.24, 2.45) is 0 Å². The van der Waals surface area contributed by atoms with Gasteiger partial charge in [-0.05, 0) is 20.3 Å². The fraction of sp³-hybridized carbons (Fsp3) is 1.00. The van der Waals surface area contributed by atoms with Crippen LogP contribution < -0.4 is 0 Å². The first-order valence-corrected chi connectivity index (χ1v) is 4.65. The first kappa shape index (κ1) is 12.8. The first-order valence-electron chi connectivity index (χ1n) is 4.65. The maximum atomic E-state index is 8.94. The Bertz CT molecular complexity index is 102. The number of hydrogen-bond acceptors (Lipinski definition) is 4. The number of aliphatic hydroxyl groups is 2. The Labute approximate surface area is 79.5 Å².